The van der Waals surface area contributed by atoms with Gasteiger partial charge in [-0.05, 0) is 30.7 Å². The number of rotatable bonds is 4. The van der Waals surface area contributed by atoms with Crippen molar-refractivity contribution in [1.82, 2.24) is 0 Å². The Kier molecular flexibility index (Phi) is 4.02. The zero-order chi connectivity index (χ0) is 13.8. The van der Waals surface area contributed by atoms with E-state index in [4.69, 9.17) is 11.6 Å². The highest BCUT2D eigenvalue weighted by molar-refractivity contribution is 6.30. The van der Waals surface area contributed by atoms with Crippen LogP contribution in [0.3, 0.4) is 0 Å². The molecule has 0 saturated heterocycles. The fraction of sp³-hybridized carbons (Fsp3) is 0.143. The van der Waals surface area contributed by atoms with Gasteiger partial charge in [-0.2, -0.15) is 0 Å². The van der Waals surface area contributed by atoms with Crippen LogP contribution in [0.2, 0.25) is 5.02 Å². The molecule has 0 radical (unpaired) electrons. The molecule has 0 spiro atoms. The fourth-order valence-corrected chi connectivity index (χ4v) is 2.10. The summed E-state index contributed by atoms with van der Waals surface area (Å²) in [5.74, 6) is 0. The van der Waals surface area contributed by atoms with Gasteiger partial charge < -0.3 is 5.32 Å². The van der Waals surface area contributed by atoms with Crippen molar-refractivity contribution in [3.63, 3.8) is 0 Å². The Hall–Kier alpha value is -2.07. The van der Waals surface area contributed by atoms with E-state index in [1.807, 2.05) is 18.2 Å². The molecule has 0 amide bonds. The first-order chi connectivity index (χ1) is 9.08. The first kappa shape index (κ1) is 13.4. The maximum atomic E-state index is 11.1. The molecule has 0 aromatic heterocycles. The number of nitro benzene ring substituents is 1. The molecule has 0 heterocycles. The van der Waals surface area contributed by atoms with Crippen molar-refractivity contribution in [3.05, 3.63) is 68.7 Å². The van der Waals surface area contributed by atoms with Crippen LogP contribution in [0.5, 0.6) is 0 Å². The van der Waals surface area contributed by atoms with E-state index in [-0.39, 0.29) is 10.6 Å². The van der Waals surface area contributed by atoms with Crippen molar-refractivity contribution >= 4 is 23.0 Å². The van der Waals surface area contributed by atoms with Crippen LogP contribution in [-0.4, -0.2) is 4.92 Å². The molecule has 0 saturated carbocycles. The lowest BCUT2D eigenvalue weighted by Crippen LogP contribution is -2.03. The van der Waals surface area contributed by atoms with Crippen molar-refractivity contribution in [1.29, 1.82) is 0 Å². The van der Waals surface area contributed by atoms with Crippen LogP contribution in [-0.2, 0) is 6.54 Å². The number of benzene rings is 2. The maximum absolute atomic E-state index is 11.1. The number of halogens is 1. The van der Waals surface area contributed by atoms with Crippen molar-refractivity contribution in [2.75, 3.05) is 5.32 Å². The van der Waals surface area contributed by atoms with E-state index in [9.17, 15) is 10.1 Å². The molecule has 2 aromatic carbocycles. The van der Waals surface area contributed by atoms with Crippen molar-refractivity contribution in [2.45, 2.75) is 13.5 Å². The molecule has 0 bridgehead atoms. The Bertz CT molecular complexity index is 614. The predicted octanol–water partition coefficient (Wildman–Crippen LogP) is 4.17. The molecule has 2 aromatic rings. The summed E-state index contributed by atoms with van der Waals surface area (Å²) in [6, 6.07) is 12.6. The first-order valence-corrected chi connectivity index (χ1v) is 6.18. The summed E-state index contributed by atoms with van der Waals surface area (Å²) < 4.78 is 0. The van der Waals surface area contributed by atoms with Gasteiger partial charge in [0.05, 0.1) is 4.92 Å². The SMILES string of the molecule is Cc1cccc(NCc2cccc(Cl)c2)c1[N+](=O)[O-]. The van der Waals surface area contributed by atoms with Gasteiger partial charge in [-0.15, -0.1) is 0 Å². The molecule has 1 N–H and O–H groups in total. The molecular weight excluding hydrogens is 264 g/mol. The summed E-state index contributed by atoms with van der Waals surface area (Å²) in [4.78, 5) is 10.7. The number of para-hydroxylation sites is 1. The van der Waals surface area contributed by atoms with Gasteiger partial charge in [0, 0.05) is 17.1 Å². The van der Waals surface area contributed by atoms with E-state index < -0.39 is 0 Å². The molecule has 0 aliphatic heterocycles. The summed E-state index contributed by atoms with van der Waals surface area (Å²) >= 11 is 5.90. The van der Waals surface area contributed by atoms with E-state index in [1.54, 1.807) is 31.2 Å². The highest BCUT2D eigenvalue weighted by Gasteiger charge is 2.16. The summed E-state index contributed by atoms with van der Waals surface area (Å²) in [7, 11) is 0. The second-order valence-corrected chi connectivity index (χ2v) is 4.65. The Morgan fingerprint density at radius 1 is 1.26 bits per heavy atom. The minimum atomic E-state index is -0.365. The Morgan fingerprint density at radius 3 is 2.68 bits per heavy atom. The monoisotopic (exact) mass is 276 g/mol. The zero-order valence-corrected chi connectivity index (χ0v) is 11.1. The molecule has 0 aliphatic rings. The predicted molar refractivity (Wildman–Crippen MR) is 76.6 cm³/mol. The molecule has 0 unspecified atom stereocenters. The largest absolute Gasteiger partial charge is 0.375 e. The van der Waals surface area contributed by atoms with Gasteiger partial charge in [-0.1, -0.05) is 35.9 Å². The van der Waals surface area contributed by atoms with Crippen LogP contribution >= 0.6 is 11.6 Å². The molecule has 0 aliphatic carbocycles. The lowest BCUT2D eigenvalue weighted by molar-refractivity contribution is -0.384. The van der Waals surface area contributed by atoms with E-state index in [2.05, 4.69) is 5.32 Å². The third-order valence-electron chi connectivity index (χ3n) is 2.79. The van der Waals surface area contributed by atoms with Gasteiger partial charge in [0.2, 0.25) is 0 Å². The minimum absolute atomic E-state index is 0.115. The van der Waals surface area contributed by atoms with Gasteiger partial charge in [-0.3, -0.25) is 10.1 Å². The quantitative estimate of drug-likeness (QED) is 0.673. The number of anilines is 1. The van der Waals surface area contributed by atoms with Crippen molar-refractivity contribution in [2.24, 2.45) is 0 Å². The Balaban J connectivity index is 2.20. The van der Waals surface area contributed by atoms with E-state index in [1.165, 1.54) is 0 Å². The topological polar surface area (TPSA) is 55.2 Å². The van der Waals surface area contributed by atoms with Gasteiger partial charge in [0.1, 0.15) is 5.69 Å². The molecule has 98 valence electrons. The number of hydrogen-bond donors (Lipinski definition) is 1. The van der Waals surface area contributed by atoms with Crippen LogP contribution in [0, 0.1) is 17.0 Å². The smallest absolute Gasteiger partial charge is 0.295 e. The number of nitro groups is 1. The highest BCUT2D eigenvalue weighted by Crippen LogP contribution is 2.28. The number of aryl methyl sites for hydroxylation is 1. The normalized spacial score (nSPS) is 10.2. The first-order valence-electron chi connectivity index (χ1n) is 5.80. The van der Waals surface area contributed by atoms with E-state index >= 15 is 0 Å². The minimum Gasteiger partial charge on any atom is -0.375 e. The standard InChI is InChI=1S/C14H13ClN2O2/c1-10-4-2-7-13(14(10)17(18)19)16-9-11-5-3-6-12(15)8-11/h2-8,16H,9H2,1H3. The average Bonchev–Trinajstić information content (AvgIpc) is 2.36. The van der Waals surface area contributed by atoms with Gasteiger partial charge in [-0.25, -0.2) is 0 Å². The van der Waals surface area contributed by atoms with Gasteiger partial charge >= 0.3 is 0 Å². The Morgan fingerprint density at radius 2 is 2.00 bits per heavy atom. The second kappa shape index (κ2) is 5.71. The highest BCUT2D eigenvalue weighted by atomic mass is 35.5. The second-order valence-electron chi connectivity index (χ2n) is 4.21. The van der Waals surface area contributed by atoms with Crippen LogP contribution < -0.4 is 5.32 Å². The lowest BCUT2D eigenvalue weighted by atomic mass is 10.1. The number of nitrogens with one attached hydrogen (secondary N) is 1. The lowest BCUT2D eigenvalue weighted by Gasteiger charge is -2.08. The average molecular weight is 277 g/mol. The number of nitrogens with zero attached hydrogens (tertiary/aromatic N) is 1. The van der Waals surface area contributed by atoms with E-state index in [0.717, 1.165) is 5.56 Å². The third kappa shape index (κ3) is 3.23. The third-order valence-corrected chi connectivity index (χ3v) is 3.03. The van der Waals surface area contributed by atoms with Crippen LogP contribution in [0.4, 0.5) is 11.4 Å². The summed E-state index contributed by atoms with van der Waals surface area (Å²) in [5, 5.41) is 14.8. The van der Waals surface area contributed by atoms with Crippen LogP contribution in [0.1, 0.15) is 11.1 Å². The Labute approximate surface area is 116 Å². The fourth-order valence-electron chi connectivity index (χ4n) is 1.89. The molecule has 0 fully saturated rings. The maximum Gasteiger partial charge on any atom is 0.295 e. The van der Waals surface area contributed by atoms with Crippen molar-refractivity contribution < 1.29 is 4.92 Å². The summed E-state index contributed by atoms with van der Waals surface area (Å²) in [6.45, 7) is 2.22. The molecule has 19 heavy (non-hydrogen) atoms. The molecule has 4 nitrogen and oxygen atoms in total. The van der Waals surface area contributed by atoms with Gasteiger partial charge in [0.25, 0.3) is 5.69 Å². The molecule has 5 heteroatoms. The summed E-state index contributed by atoms with van der Waals surface area (Å²) in [6.07, 6.45) is 0. The molecule has 2 rings (SSSR count). The van der Waals surface area contributed by atoms with Crippen LogP contribution in [0.15, 0.2) is 42.5 Å². The van der Waals surface area contributed by atoms with Gasteiger partial charge in [0.15, 0.2) is 0 Å². The van der Waals surface area contributed by atoms with Crippen LogP contribution in [0.25, 0.3) is 0 Å². The number of hydrogen-bond acceptors (Lipinski definition) is 3. The summed E-state index contributed by atoms with van der Waals surface area (Å²) in [5.41, 5.74) is 2.25. The van der Waals surface area contributed by atoms with E-state index in [0.29, 0.717) is 22.8 Å². The molecular formula is C14H13ClN2O2. The van der Waals surface area contributed by atoms with Crippen molar-refractivity contribution in [3.8, 4) is 0 Å². The zero-order valence-electron chi connectivity index (χ0n) is 10.4. The molecule has 0 atom stereocenters.